The summed E-state index contributed by atoms with van der Waals surface area (Å²) in [7, 11) is 0. The van der Waals surface area contributed by atoms with Crippen molar-refractivity contribution in [3.8, 4) is 0 Å². The van der Waals surface area contributed by atoms with E-state index in [0.29, 0.717) is 0 Å². The first-order valence-corrected chi connectivity index (χ1v) is 4.00. The summed E-state index contributed by atoms with van der Waals surface area (Å²) in [4.78, 5) is 10.4. The third kappa shape index (κ3) is 10.8. The van der Waals surface area contributed by atoms with Crippen LogP contribution in [0.2, 0.25) is 0 Å². The first-order chi connectivity index (χ1) is 5.99. The SMILES string of the molecule is C=CC.C=CC(F)C(=C)CC(C)=O. The fraction of sp³-hybridized carbons (Fsp3) is 0.364. The maximum Gasteiger partial charge on any atom is 0.139 e. The fourth-order valence-corrected chi connectivity index (χ4v) is 0.584. The zero-order valence-electron chi connectivity index (χ0n) is 8.35. The van der Waals surface area contributed by atoms with Gasteiger partial charge in [-0.1, -0.05) is 25.3 Å². The molecule has 0 aromatic heterocycles. The molecule has 0 saturated carbocycles. The normalized spacial score (nSPS) is 10.4. The number of hydrogen-bond donors (Lipinski definition) is 0. The molecule has 0 spiro atoms. The molecule has 0 N–H and O–H groups in total. The lowest BCUT2D eigenvalue weighted by Gasteiger charge is -2.02. The lowest BCUT2D eigenvalue weighted by Crippen LogP contribution is -2.02. The van der Waals surface area contributed by atoms with Gasteiger partial charge in [-0.25, -0.2) is 4.39 Å². The van der Waals surface area contributed by atoms with Crippen LogP contribution in [0.3, 0.4) is 0 Å². The van der Waals surface area contributed by atoms with Gasteiger partial charge in [-0.2, -0.15) is 0 Å². The Morgan fingerprint density at radius 3 is 2.15 bits per heavy atom. The van der Waals surface area contributed by atoms with Crippen LogP contribution in [0.25, 0.3) is 0 Å². The summed E-state index contributed by atoms with van der Waals surface area (Å²) < 4.78 is 12.5. The Balaban J connectivity index is 0. The van der Waals surface area contributed by atoms with Gasteiger partial charge in [0.1, 0.15) is 12.0 Å². The Morgan fingerprint density at radius 1 is 1.54 bits per heavy atom. The average Bonchev–Trinajstić information content (AvgIpc) is 2.03. The maximum absolute atomic E-state index is 12.5. The molecule has 74 valence electrons. The number of halogens is 1. The topological polar surface area (TPSA) is 17.1 Å². The predicted molar refractivity (Wildman–Crippen MR) is 55.4 cm³/mol. The summed E-state index contributed by atoms with van der Waals surface area (Å²) in [6, 6.07) is 0. The van der Waals surface area contributed by atoms with Gasteiger partial charge < -0.3 is 0 Å². The van der Waals surface area contributed by atoms with E-state index >= 15 is 0 Å². The second-order valence-electron chi connectivity index (χ2n) is 2.58. The molecule has 0 bridgehead atoms. The van der Waals surface area contributed by atoms with Crippen LogP contribution in [0.1, 0.15) is 20.3 Å². The number of allylic oxidation sites excluding steroid dienone is 3. The first kappa shape index (κ1) is 14.3. The molecule has 2 heteroatoms. The van der Waals surface area contributed by atoms with Crippen molar-refractivity contribution in [2.24, 2.45) is 0 Å². The molecular formula is C11H17FO. The molecule has 0 aromatic rings. The predicted octanol–water partition coefficient (Wildman–Crippen LogP) is 3.24. The average molecular weight is 184 g/mol. The van der Waals surface area contributed by atoms with Crippen molar-refractivity contribution in [2.45, 2.75) is 26.4 Å². The molecule has 0 aliphatic carbocycles. The van der Waals surface area contributed by atoms with E-state index in [2.05, 4.69) is 19.7 Å². The van der Waals surface area contributed by atoms with Crippen molar-refractivity contribution >= 4 is 5.78 Å². The van der Waals surface area contributed by atoms with Crippen LogP contribution in [0.5, 0.6) is 0 Å². The van der Waals surface area contributed by atoms with Crippen LogP contribution >= 0.6 is 0 Å². The van der Waals surface area contributed by atoms with Crippen LogP contribution in [0.15, 0.2) is 37.5 Å². The van der Waals surface area contributed by atoms with Crippen LogP contribution in [-0.2, 0) is 4.79 Å². The Kier molecular flexibility index (Phi) is 9.84. The minimum atomic E-state index is -1.25. The van der Waals surface area contributed by atoms with E-state index in [-0.39, 0.29) is 17.8 Å². The van der Waals surface area contributed by atoms with E-state index in [4.69, 9.17) is 0 Å². The van der Waals surface area contributed by atoms with E-state index in [0.717, 1.165) is 6.08 Å². The number of ketones is 1. The van der Waals surface area contributed by atoms with Crippen LogP contribution in [0, 0.1) is 0 Å². The lowest BCUT2D eigenvalue weighted by molar-refractivity contribution is -0.116. The highest BCUT2D eigenvalue weighted by molar-refractivity contribution is 5.78. The summed E-state index contributed by atoms with van der Waals surface area (Å²) in [5.41, 5.74) is 0.280. The highest BCUT2D eigenvalue weighted by Gasteiger charge is 2.07. The summed E-state index contributed by atoms with van der Waals surface area (Å²) in [6.45, 7) is 13.3. The Hall–Kier alpha value is -1.18. The van der Waals surface area contributed by atoms with Gasteiger partial charge in [-0.05, 0) is 19.4 Å². The molecule has 0 aliphatic heterocycles. The van der Waals surface area contributed by atoms with Crippen molar-refractivity contribution in [2.75, 3.05) is 0 Å². The monoisotopic (exact) mass is 184 g/mol. The molecule has 1 nitrogen and oxygen atoms in total. The smallest absolute Gasteiger partial charge is 0.139 e. The van der Waals surface area contributed by atoms with E-state index in [1.54, 1.807) is 6.08 Å². The Bertz CT molecular complexity index is 194. The van der Waals surface area contributed by atoms with Gasteiger partial charge in [0.05, 0.1) is 0 Å². The molecule has 0 heterocycles. The summed E-state index contributed by atoms with van der Waals surface area (Å²) in [5.74, 6) is -0.0745. The van der Waals surface area contributed by atoms with Gasteiger partial charge in [-0.15, -0.1) is 6.58 Å². The van der Waals surface area contributed by atoms with Gasteiger partial charge in [0.15, 0.2) is 0 Å². The third-order valence-corrected chi connectivity index (χ3v) is 1.07. The van der Waals surface area contributed by atoms with Gasteiger partial charge in [0.2, 0.25) is 0 Å². The van der Waals surface area contributed by atoms with Crippen LogP contribution < -0.4 is 0 Å². The fourth-order valence-electron chi connectivity index (χ4n) is 0.584. The molecule has 0 rings (SSSR count). The minimum Gasteiger partial charge on any atom is -0.300 e. The first-order valence-electron chi connectivity index (χ1n) is 4.00. The lowest BCUT2D eigenvalue weighted by atomic mass is 10.1. The number of alkyl halides is 1. The van der Waals surface area contributed by atoms with E-state index in [9.17, 15) is 9.18 Å². The molecule has 1 atom stereocenters. The second-order valence-corrected chi connectivity index (χ2v) is 2.58. The van der Waals surface area contributed by atoms with E-state index in [1.165, 1.54) is 6.92 Å². The Labute approximate surface area is 79.7 Å². The molecule has 1 unspecified atom stereocenters. The van der Waals surface area contributed by atoms with Crippen LogP contribution in [0.4, 0.5) is 4.39 Å². The van der Waals surface area contributed by atoms with Crippen molar-refractivity contribution in [3.63, 3.8) is 0 Å². The van der Waals surface area contributed by atoms with Gasteiger partial charge in [0, 0.05) is 6.42 Å². The van der Waals surface area contributed by atoms with Crippen molar-refractivity contribution in [1.82, 2.24) is 0 Å². The molecule has 0 amide bonds. The molecule has 13 heavy (non-hydrogen) atoms. The number of hydrogen-bond acceptors (Lipinski definition) is 1. The van der Waals surface area contributed by atoms with Gasteiger partial charge >= 0.3 is 0 Å². The Morgan fingerprint density at radius 2 is 1.92 bits per heavy atom. The van der Waals surface area contributed by atoms with Crippen LogP contribution in [-0.4, -0.2) is 12.0 Å². The zero-order chi connectivity index (χ0) is 10.9. The number of carbonyl (C=O) groups excluding carboxylic acids is 1. The minimum absolute atomic E-state index is 0.0745. The molecule has 0 fully saturated rings. The van der Waals surface area contributed by atoms with Crippen molar-refractivity contribution in [1.29, 1.82) is 0 Å². The summed E-state index contributed by atoms with van der Waals surface area (Å²) >= 11 is 0. The quantitative estimate of drug-likeness (QED) is 0.613. The standard InChI is InChI=1S/C8H11FO.C3H6/c1-4-8(9)6(2)5-7(3)10;1-3-2/h4,8H,1-2,5H2,3H3;3H,1H2,2H3. The van der Waals surface area contributed by atoms with Gasteiger partial charge in [0.25, 0.3) is 0 Å². The molecule has 0 radical (unpaired) electrons. The van der Waals surface area contributed by atoms with E-state index < -0.39 is 6.17 Å². The molecular weight excluding hydrogens is 167 g/mol. The molecule has 0 saturated heterocycles. The summed E-state index contributed by atoms with van der Waals surface area (Å²) in [5, 5.41) is 0. The number of rotatable bonds is 4. The molecule has 0 aliphatic rings. The second kappa shape index (κ2) is 8.91. The zero-order valence-corrected chi connectivity index (χ0v) is 8.35. The van der Waals surface area contributed by atoms with Crippen molar-refractivity contribution in [3.05, 3.63) is 37.5 Å². The van der Waals surface area contributed by atoms with Gasteiger partial charge in [-0.3, -0.25) is 4.79 Å². The highest BCUT2D eigenvalue weighted by Crippen LogP contribution is 2.09. The molecule has 0 aromatic carbocycles. The largest absolute Gasteiger partial charge is 0.300 e. The number of carbonyl (C=O) groups is 1. The van der Waals surface area contributed by atoms with E-state index in [1.807, 2.05) is 6.92 Å². The highest BCUT2D eigenvalue weighted by atomic mass is 19.1. The maximum atomic E-state index is 12.5. The third-order valence-electron chi connectivity index (χ3n) is 1.07. The number of Topliss-reactive ketones (excluding diaryl/α,β-unsaturated/α-hetero) is 1. The van der Waals surface area contributed by atoms with Crippen molar-refractivity contribution < 1.29 is 9.18 Å². The summed E-state index contributed by atoms with van der Waals surface area (Å²) in [6.07, 6.45) is 1.74.